The van der Waals surface area contributed by atoms with Gasteiger partial charge in [-0.1, -0.05) is 70.9 Å². The molecule has 0 spiro atoms. The summed E-state index contributed by atoms with van der Waals surface area (Å²) in [6, 6.07) is 6.89. The van der Waals surface area contributed by atoms with Gasteiger partial charge in [-0.3, -0.25) is 4.79 Å². The van der Waals surface area contributed by atoms with E-state index < -0.39 is 0 Å². The Balaban J connectivity index is 2.36. The van der Waals surface area contributed by atoms with E-state index in [9.17, 15) is 9.18 Å². The summed E-state index contributed by atoms with van der Waals surface area (Å²) >= 11 is 0. The van der Waals surface area contributed by atoms with E-state index in [1.165, 1.54) is 18.6 Å². The van der Waals surface area contributed by atoms with Crippen LogP contribution in [0.3, 0.4) is 0 Å². The maximum absolute atomic E-state index is 13.0. The normalized spacial score (nSPS) is 13.2. The summed E-state index contributed by atoms with van der Waals surface area (Å²) in [4.78, 5) is 14.2. The first-order valence-electron chi connectivity index (χ1n) is 11.5. The van der Waals surface area contributed by atoms with Crippen molar-refractivity contribution in [2.45, 2.75) is 78.2 Å². The van der Waals surface area contributed by atoms with Crippen molar-refractivity contribution in [3.63, 3.8) is 0 Å². The van der Waals surface area contributed by atoms with Gasteiger partial charge in [-0.25, -0.2) is 4.39 Å². The largest absolute Gasteiger partial charge is 0.464 e. The molecule has 0 heterocycles. The highest BCUT2D eigenvalue weighted by molar-refractivity contribution is 5.69. The Morgan fingerprint density at radius 2 is 1.90 bits per heavy atom. The molecule has 0 bridgehead atoms. The van der Waals surface area contributed by atoms with Crippen LogP contribution in [0.15, 0.2) is 49.2 Å². The molecule has 4 heteroatoms. The standard InChI is InChI=1S/C26H40FNO2/c1-5-11-22(6-2)16-19-26(29)30-21-20-28(8-4)25(7-3)13-10-9-12-23-14-17-24(27)18-15-23/h8,10,13-15,17-18,22,25H,4-7,9,11-12,16,19-21H2,1-3H3/b13-10+. The number of esters is 1. The van der Waals surface area contributed by atoms with Crippen LogP contribution in [-0.2, 0) is 16.0 Å². The van der Waals surface area contributed by atoms with Crippen LogP contribution in [0.2, 0.25) is 0 Å². The Hall–Kier alpha value is -2.10. The predicted molar refractivity (Wildman–Crippen MR) is 124 cm³/mol. The molecular formula is C26H40FNO2. The van der Waals surface area contributed by atoms with Crippen LogP contribution in [0.1, 0.15) is 71.3 Å². The number of aryl methyl sites for hydroxylation is 1. The van der Waals surface area contributed by atoms with E-state index in [2.05, 4.69) is 44.4 Å². The molecule has 3 nitrogen and oxygen atoms in total. The number of halogens is 1. The Bertz CT molecular complexity index is 626. The molecule has 2 atom stereocenters. The first kappa shape index (κ1) is 25.9. The molecular weight excluding hydrogens is 377 g/mol. The number of carbonyl (C=O) groups is 1. The average Bonchev–Trinajstić information content (AvgIpc) is 2.76. The smallest absolute Gasteiger partial charge is 0.305 e. The molecule has 0 aliphatic heterocycles. The van der Waals surface area contributed by atoms with Gasteiger partial charge in [-0.15, -0.1) is 0 Å². The van der Waals surface area contributed by atoms with Crippen molar-refractivity contribution < 1.29 is 13.9 Å². The van der Waals surface area contributed by atoms with Crippen LogP contribution >= 0.6 is 0 Å². The molecule has 2 unspecified atom stereocenters. The highest BCUT2D eigenvalue weighted by atomic mass is 19.1. The number of benzene rings is 1. The van der Waals surface area contributed by atoms with Crippen molar-refractivity contribution in [1.29, 1.82) is 0 Å². The fraction of sp³-hybridized carbons (Fsp3) is 0.577. The van der Waals surface area contributed by atoms with E-state index in [4.69, 9.17) is 4.74 Å². The van der Waals surface area contributed by atoms with E-state index in [1.54, 1.807) is 0 Å². The summed E-state index contributed by atoms with van der Waals surface area (Å²) in [5.41, 5.74) is 1.13. The van der Waals surface area contributed by atoms with E-state index in [0.717, 1.165) is 44.1 Å². The van der Waals surface area contributed by atoms with Crippen LogP contribution in [0, 0.1) is 11.7 Å². The molecule has 0 radical (unpaired) electrons. The van der Waals surface area contributed by atoms with Gasteiger partial charge in [0, 0.05) is 12.5 Å². The van der Waals surface area contributed by atoms with Crippen LogP contribution in [-0.4, -0.2) is 30.1 Å². The Labute approximate surface area is 183 Å². The molecule has 0 amide bonds. The topological polar surface area (TPSA) is 29.5 Å². The van der Waals surface area contributed by atoms with Crippen LogP contribution in [0.4, 0.5) is 4.39 Å². The zero-order valence-electron chi connectivity index (χ0n) is 19.1. The lowest BCUT2D eigenvalue weighted by Gasteiger charge is -2.27. The maximum Gasteiger partial charge on any atom is 0.305 e. The van der Waals surface area contributed by atoms with Gasteiger partial charge in [0.1, 0.15) is 12.4 Å². The zero-order chi connectivity index (χ0) is 22.2. The fourth-order valence-electron chi connectivity index (χ4n) is 3.65. The number of ether oxygens (including phenoxy) is 1. The molecule has 1 aromatic rings. The lowest BCUT2D eigenvalue weighted by atomic mass is 9.95. The summed E-state index contributed by atoms with van der Waals surface area (Å²) in [6.07, 6.45) is 13.8. The van der Waals surface area contributed by atoms with Crippen molar-refractivity contribution in [2.75, 3.05) is 13.2 Å². The third kappa shape index (κ3) is 10.6. The molecule has 0 N–H and O–H groups in total. The van der Waals surface area contributed by atoms with Gasteiger partial charge in [0.05, 0.1) is 6.54 Å². The maximum atomic E-state index is 13.0. The first-order chi connectivity index (χ1) is 14.5. The van der Waals surface area contributed by atoms with Gasteiger partial charge < -0.3 is 9.64 Å². The third-order valence-corrected chi connectivity index (χ3v) is 5.59. The summed E-state index contributed by atoms with van der Waals surface area (Å²) in [5.74, 6) is 0.321. The summed E-state index contributed by atoms with van der Waals surface area (Å²) in [5, 5.41) is 0. The number of allylic oxidation sites excluding steroid dienone is 1. The second-order valence-corrected chi connectivity index (χ2v) is 7.81. The van der Waals surface area contributed by atoms with Gasteiger partial charge in [0.15, 0.2) is 0 Å². The van der Waals surface area contributed by atoms with Crippen molar-refractivity contribution >= 4 is 5.97 Å². The van der Waals surface area contributed by atoms with Crippen molar-refractivity contribution in [2.24, 2.45) is 5.92 Å². The minimum atomic E-state index is -0.200. The van der Waals surface area contributed by atoms with Crippen LogP contribution < -0.4 is 0 Å². The van der Waals surface area contributed by atoms with Crippen molar-refractivity contribution in [3.05, 3.63) is 60.6 Å². The monoisotopic (exact) mass is 417 g/mol. The van der Waals surface area contributed by atoms with E-state index in [1.807, 2.05) is 18.3 Å². The lowest BCUT2D eigenvalue weighted by molar-refractivity contribution is -0.144. The Morgan fingerprint density at radius 1 is 1.17 bits per heavy atom. The third-order valence-electron chi connectivity index (χ3n) is 5.59. The number of carbonyl (C=O) groups excluding carboxylic acids is 1. The quantitative estimate of drug-likeness (QED) is 0.222. The Kier molecular flexibility index (Phi) is 13.6. The lowest BCUT2D eigenvalue weighted by Crippen LogP contribution is -2.32. The highest BCUT2D eigenvalue weighted by Crippen LogP contribution is 2.17. The highest BCUT2D eigenvalue weighted by Gasteiger charge is 2.12. The zero-order valence-corrected chi connectivity index (χ0v) is 19.1. The number of rotatable bonds is 16. The molecule has 0 saturated carbocycles. The minimum Gasteiger partial charge on any atom is -0.464 e. The summed E-state index contributed by atoms with van der Waals surface area (Å²) in [6.45, 7) is 11.5. The van der Waals surface area contributed by atoms with E-state index in [0.29, 0.717) is 25.5 Å². The van der Waals surface area contributed by atoms with Crippen LogP contribution in [0.25, 0.3) is 0 Å². The number of nitrogens with zero attached hydrogens (tertiary/aromatic N) is 1. The van der Waals surface area contributed by atoms with E-state index >= 15 is 0 Å². The average molecular weight is 418 g/mol. The first-order valence-corrected chi connectivity index (χ1v) is 11.5. The number of hydrogen-bond acceptors (Lipinski definition) is 3. The van der Waals surface area contributed by atoms with Crippen LogP contribution in [0.5, 0.6) is 0 Å². The van der Waals surface area contributed by atoms with Crippen molar-refractivity contribution in [3.8, 4) is 0 Å². The van der Waals surface area contributed by atoms with Gasteiger partial charge >= 0.3 is 5.97 Å². The summed E-state index contributed by atoms with van der Waals surface area (Å²) in [7, 11) is 0. The minimum absolute atomic E-state index is 0.101. The Morgan fingerprint density at radius 3 is 2.50 bits per heavy atom. The fourth-order valence-corrected chi connectivity index (χ4v) is 3.65. The van der Waals surface area contributed by atoms with Gasteiger partial charge in [-0.2, -0.15) is 0 Å². The molecule has 1 aromatic carbocycles. The van der Waals surface area contributed by atoms with E-state index in [-0.39, 0.29) is 17.8 Å². The molecule has 0 saturated heterocycles. The molecule has 0 fully saturated rings. The second-order valence-electron chi connectivity index (χ2n) is 7.81. The molecule has 168 valence electrons. The SMILES string of the molecule is C=CN(CCOC(=O)CCC(CC)CCC)C(/C=C/CCc1ccc(F)cc1)CC. The number of hydrogen-bond donors (Lipinski definition) is 0. The van der Waals surface area contributed by atoms with Gasteiger partial charge in [-0.05, 0) is 55.5 Å². The molecule has 0 aliphatic carbocycles. The molecule has 0 aliphatic rings. The second kappa shape index (κ2) is 15.7. The summed E-state index contributed by atoms with van der Waals surface area (Å²) < 4.78 is 18.4. The predicted octanol–water partition coefficient (Wildman–Crippen LogP) is 6.69. The van der Waals surface area contributed by atoms with Gasteiger partial charge in [0.25, 0.3) is 0 Å². The van der Waals surface area contributed by atoms with Gasteiger partial charge in [0.2, 0.25) is 0 Å². The molecule has 1 rings (SSSR count). The van der Waals surface area contributed by atoms with Crippen molar-refractivity contribution in [1.82, 2.24) is 4.90 Å². The molecule has 30 heavy (non-hydrogen) atoms. The molecule has 0 aromatic heterocycles.